The fourth-order valence-corrected chi connectivity index (χ4v) is 3.86. The lowest BCUT2D eigenvalue weighted by Crippen LogP contribution is -2.43. The topological polar surface area (TPSA) is 20.3 Å². The van der Waals surface area contributed by atoms with Crippen LogP contribution in [0.3, 0.4) is 0 Å². The van der Waals surface area contributed by atoms with Crippen LogP contribution in [0, 0.1) is 5.41 Å². The van der Waals surface area contributed by atoms with E-state index in [1.165, 1.54) is 11.3 Å². The van der Waals surface area contributed by atoms with E-state index >= 15 is 0 Å². The van der Waals surface area contributed by atoms with Crippen LogP contribution in [0.2, 0.25) is 0 Å². The molecular formula is C19H19NO. The van der Waals surface area contributed by atoms with Crippen LogP contribution in [-0.2, 0) is 6.42 Å². The zero-order valence-corrected chi connectivity index (χ0v) is 12.1. The molecule has 106 valence electrons. The number of rotatable bonds is 1. The van der Waals surface area contributed by atoms with E-state index in [1.807, 2.05) is 24.3 Å². The number of carbonyl (C=O) groups is 1. The molecule has 1 saturated heterocycles. The van der Waals surface area contributed by atoms with Crippen LogP contribution in [-0.4, -0.2) is 18.9 Å². The summed E-state index contributed by atoms with van der Waals surface area (Å²) in [5, 5.41) is 0. The third kappa shape index (κ3) is 1.98. The summed E-state index contributed by atoms with van der Waals surface area (Å²) in [6.07, 6.45) is 2.87. The van der Waals surface area contributed by atoms with Gasteiger partial charge in [-0.3, -0.25) is 4.79 Å². The van der Waals surface area contributed by atoms with Crippen molar-refractivity contribution in [3.63, 3.8) is 0 Å². The highest BCUT2D eigenvalue weighted by Crippen LogP contribution is 2.44. The van der Waals surface area contributed by atoms with Crippen molar-refractivity contribution in [2.45, 2.75) is 19.3 Å². The van der Waals surface area contributed by atoms with E-state index in [1.54, 1.807) is 0 Å². The van der Waals surface area contributed by atoms with Gasteiger partial charge in [0.1, 0.15) is 0 Å². The third-order valence-electron chi connectivity index (χ3n) is 5.11. The fourth-order valence-electron chi connectivity index (χ4n) is 3.86. The van der Waals surface area contributed by atoms with Gasteiger partial charge in [0, 0.05) is 29.8 Å². The van der Waals surface area contributed by atoms with Crippen molar-refractivity contribution in [3.05, 3.63) is 65.7 Å². The van der Waals surface area contributed by atoms with Crippen LogP contribution in [0.15, 0.2) is 54.6 Å². The quantitative estimate of drug-likeness (QED) is 0.792. The summed E-state index contributed by atoms with van der Waals surface area (Å²) < 4.78 is 0. The first-order chi connectivity index (χ1) is 10.3. The van der Waals surface area contributed by atoms with Gasteiger partial charge in [-0.05, 0) is 37.0 Å². The second-order valence-electron chi connectivity index (χ2n) is 6.27. The van der Waals surface area contributed by atoms with Crippen molar-refractivity contribution in [2.75, 3.05) is 18.0 Å². The lowest BCUT2D eigenvalue weighted by atomic mass is 9.75. The Labute approximate surface area is 125 Å². The van der Waals surface area contributed by atoms with Crippen LogP contribution in [0.5, 0.6) is 0 Å². The molecule has 1 fully saturated rings. The van der Waals surface area contributed by atoms with Gasteiger partial charge in [-0.15, -0.1) is 0 Å². The van der Waals surface area contributed by atoms with Crippen molar-refractivity contribution >= 4 is 11.5 Å². The van der Waals surface area contributed by atoms with Crippen LogP contribution in [0.25, 0.3) is 0 Å². The Balaban J connectivity index is 1.55. The van der Waals surface area contributed by atoms with Gasteiger partial charge >= 0.3 is 0 Å². The van der Waals surface area contributed by atoms with Gasteiger partial charge in [0.2, 0.25) is 0 Å². The molecule has 4 rings (SSSR count). The molecule has 2 aromatic rings. The van der Waals surface area contributed by atoms with Crippen LogP contribution in [0.4, 0.5) is 5.69 Å². The number of carbonyl (C=O) groups excluding carboxylic acids is 1. The van der Waals surface area contributed by atoms with Crippen molar-refractivity contribution in [3.8, 4) is 0 Å². The first kappa shape index (κ1) is 12.6. The number of fused-ring (bicyclic) bond motifs is 1. The van der Waals surface area contributed by atoms with Crippen molar-refractivity contribution in [2.24, 2.45) is 5.41 Å². The summed E-state index contributed by atoms with van der Waals surface area (Å²) in [6, 6.07) is 18.7. The molecule has 0 aromatic heterocycles. The Bertz CT molecular complexity index is 669. The Morgan fingerprint density at radius 3 is 2.24 bits per heavy atom. The number of nitrogens with zero attached hydrogens (tertiary/aromatic N) is 1. The molecule has 2 aliphatic rings. The molecule has 0 radical (unpaired) electrons. The average molecular weight is 277 g/mol. The Kier molecular flexibility index (Phi) is 2.85. The van der Waals surface area contributed by atoms with E-state index < -0.39 is 0 Å². The highest BCUT2D eigenvalue weighted by atomic mass is 16.1. The van der Waals surface area contributed by atoms with E-state index in [4.69, 9.17) is 0 Å². The van der Waals surface area contributed by atoms with Gasteiger partial charge in [-0.25, -0.2) is 0 Å². The van der Waals surface area contributed by atoms with Gasteiger partial charge < -0.3 is 4.90 Å². The van der Waals surface area contributed by atoms with E-state index in [0.717, 1.165) is 37.9 Å². The zero-order valence-electron chi connectivity index (χ0n) is 12.1. The summed E-state index contributed by atoms with van der Waals surface area (Å²) in [6.45, 7) is 1.95. The molecule has 2 nitrogen and oxygen atoms in total. The summed E-state index contributed by atoms with van der Waals surface area (Å²) >= 11 is 0. The molecule has 2 aromatic carbocycles. The van der Waals surface area contributed by atoms with E-state index in [2.05, 4.69) is 35.2 Å². The fraction of sp³-hybridized carbons (Fsp3) is 0.316. The van der Waals surface area contributed by atoms with Crippen molar-refractivity contribution < 1.29 is 4.79 Å². The minimum Gasteiger partial charge on any atom is -0.371 e. The number of piperidine rings is 1. The van der Waals surface area contributed by atoms with E-state index in [0.29, 0.717) is 5.78 Å². The van der Waals surface area contributed by atoms with E-state index in [9.17, 15) is 4.79 Å². The number of benzene rings is 2. The molecule has 0 atom stereocenters. The van der Waals surface area contributed by atoms with Gasteiger partial charge in [-0.1, -0.05) is 42.5 Å². The minimum atomic E-state index is -0.130. The highest BCUT2D eigenvalue weighted by molar-refractivity contribution is 6.05. The minimum absolute atomic E-state index is 0.130. The average Bonchev–Trinajstić information content (AvgIpc) is 2.82. The third-order valence-corrected chi connectivity index (χ3v) is 5.11. The number of hydrogen-bond donors (Lipinski definition) is 0. The van der Waals surface area contributed by atoms with Crippen molar-refractivity contribution in [1.82, 2.24) is 0 Å². The lowest BCUT2D eigenvalue weighted by molar-refractivity contribution is 0.0775. The lowest BCUT2D eigenvalue weighted by Gasteiger charge is -2.39. The molecule has 1 heterocycles. The molecule has 1 spiro atoms. The number of hydrogen-bond acceptors (Lipinski definition) is 2. The predicted octanol–water partition coefficient (Wildman–Crippen LogP) is 3.71. The maximum atomic E-state index is 12.8. The highest BCUT2D eigenvalue weighted by Gasteiger charge is 2.46. The monoisotopic (exact) mass is 277 g/mol. The number of ketones is 1. The molecule has 0 unspecified atom stereocenters. The van der Waals surface area contributed by atoms with Gasteiger partial charge in [-0.2, -0.15) is 0 Å². The van der Waals surface area contributed by atoms with Crippen LogP contribution in [0.1, 0.15) is 28.8 Å². The summed E-state index contributed by atoms with van der Waals surface area (Å²) in [4.78, 5) is 15.2. The molecule has 1 aliphatic heterocycles. The second kappa shape index (κ2) is 4.73. The smallest absolute Gasteiger partial charge is 0.169 e. The molecule has 1 aliphatic carbocycles. The molecule has 0 amide bonds. The molecule has 0 N–H and O–H groups in total. The van der Waals surface area contributed by atoms with Crippen LogP contribution >= 0.6 is 0 Å². The van der Waals surface area contributed by atoms with Gasteiger partial charge in [0.25, 0.3) is 0 Å². The SMILES string of the molecule is O=C1c2ccccc2CC12CCN(c1ccccc1)CC2. The Hall–Kier alpha value is -2.09. The predicted molar refractivity (Wildman–Crippen MR) is 84.8 cm³/mol. The normalized spacial score (nSPS) is 19.8. The first-order valence-corrected chi connectivity index (χ1v) is 7.71. The van der Waals surface area contributed by atoms with Gasteiger partial charge in [0.15, 0.2) is 5.78 Å². The maximum absolute atomic E-state index is 12.8. The molecule has 2 heteroatoms. The summed E-state index contributed by atoms with van der Waals surface area (Å²) in [5.41, 5.74) is 3.35. The first-order valence-electron chi connectivity index (χ1n) is 7.71. The summed E-state index contributed by atoms with van der Waals surface area (Å²) in [7, 11) is 0. The summed E-state index contributed by atoms with van der Waals surface area (Å²) in [5.74, 6) is 0.380. The second-order valence-corrected chi connectivity index (χ2v) is 6.27. The molecular weight excluding hydrogens is 258 g/mol. The van der Waals surface area contributed by atoms with Gasteiger partial charge in [0.05, 0.1) is 0 Å². The number of anilines is 1. The molecule has 0 saturated carbocycles. The maximum Gasteiger partial charge on any atom is 0.169 e. The van der Waals surface area contributed by atoms with E-state index in [-0.39, 0.29) is 5.41 Å². The Morgan fingerprint density at radius 1 is 0.857 bits per heavy atom. The zero-order chi connectivity index (χ0) is 14.3. The van der Waals surface area contributed by atoms with Crippen molar-refractivity contribution in [1.29, 1.82) is 0 Å². The largest absolute Gasteiger partial charge is 0.371 e. The molecule has 0 bridgehead atoms. The standard InChI is InChI=1S/C19H19NO/c21-18-17-9-5-4-6-15(17)14-19(18)10-12-20(13-11-19)16-7-2-1-3-8-16/h1-9H,10-14H2. The molecule has 21 heavy (non-hydrogen) atoms. The number of Topliss-reactive ketones (excluding diaryl/α,β-unsaturated/α-hetero) is 1. The number of para-hydroxylation sites is 1. The van der Waals surface area contributed by atoms with Crippen LogP contribution < -0.4 is 4.90 Å². The Morgan fingerprint density at radius 2 is 1.52 bits per heavy atom.